The van der Waals surface area contributed by atoms with Gasteiger partial charge in [-0.3, -0.25) is 29.1 Å². The summed E-state index contributed by atoms with van der Waals surface area (Å²) in [6, 6.07) is 7.18. The number of fused-ring (bicyclic) bond motifs is 2. The summed E-state index contributed by atoms with van der Waals surface area (Å²) in [7, 11) is 0.430. The molecule has 1 aromatic carbocycles. The lowest BCUT2D eigenvalue weighted by molar-refractivity contribution is -0.157. The van der Waals surface area contributed by atoms with Crippen LogP contribution in [0.3, 0.4) is 0 Å². The Labute approximate surface area is 228 Å². The summed E-state index contributed by atoms with van der Waals surface area (Å²) in [5.74, 6) is -2.78. The van der Waals surface area contributed by atoms with E-state index in [0.717, 1.165) is 5.56 Å². The van der Waals surface area contributed by atoms with Crippen molar-refractivity contribution in [2.45, 2.75) is 70.0 Å². The lowest BCUT2D eigenvalue weighted by Gasteiger charge is -2.40. The van der Waals surface area contributed by atoms with Crippen LogP contribution in [-0.2, 0) is 30.1 Å². The molecule has 4 rings (SSSR count). The fraction of sp³-hybridized carbons (Fsp3) is 0.481. The molecule has 1 aromatic heterocycles. The molecule has 2 bridgehead atoms. The van der Waals surface area contributed by atoms with Gasteiger partial charge in [0.2, 0.25) is 5.91 Å². The maximum absolute atomic E-state index is 13.7. The average molecular weight is 535 g/mol. The average Bonchev–Trinajstić information content (AvgIpc) is 2.92. The number of carbonyl (C=O) groups is 4. The van der Waals surface area contributed by atoms with E-state index in [9.17, 15) is 19.2 Å². The third-order valence-electron chi connectivity index (χ3n) is 7.03. The van der Waals surface area contributed by atoms with Crippen LogP contribution in [0.5, 0.6) is 0 Å². The lowest BCUT2D eigenvalue weighted by Crippen LogP contribution is -2.62. The number of piperidine rings is 1. The summed E-state index contributed by atoms with van der Waals surface area (Å²) in [5.41, 5.74) is 0.901. The molecule has 3 heterocycles. The number of benzene rings is 1. The monoisotopic (exact) mass is 535 g/mol. The van der Waals surface area contributed by atoms with Crippen molar-refractivity contribution < 1.29 is 28.5 Å². The summed E-state index contributed by atoms with van der Waals surface area (Å²) >= 11 is 0. The first-order valence-corrected chi connectivity index (χ1v) is 13.3. The third-order valence-corrected chi connectivity index (χ3v) is 7.03. The van der Waals surface area contributed by atoms with Crippen molar-refractivity contribution in [3.8, 4) is 0 Å². The highest BCUT2D eigenvalue weighted by Crippen LogP contribution is 2.26. The molecular formula is C27H34BN5O6. The molecular weight excluding hydrogens is 501 g/mol. The summed E-state index contributed by atoms with van der Waals surface area (Å²) in [5, 5.41) is 5.65. The first-order chi connectivity index (χ1) is 18.7. The highest BCUT2D eigenvalue weighted by molar-refractivity contribution is 6.51. The van der Waals surface area contributed by atoms with Gasteiger partial charge in [0.25, 0.3) is 5.91 Å². The highest BCUT2D eigenvalue weighted by Gasteiger charge is 2.48. The molecule has 2 aromatic rings. The van der Waals surface area contributed by atoms with Gasteiger partial charge in [0, 0.05) is 18.8 Å². The maximum atomic E-state index is 13.7. The van der Waals surface area contributed by atoms with E-state index in [2.05, 4.69) is 20.6 Å². The SMILES string of the molecule is CC(C)CC(NC(=O)C(Cc1ccccc1)NC(=O)c1cnccn1)B1OC(=O)[C@H]2CCC[C@H](C(=O)O1)N2C. The van der Waals surface area contributed by atoms with Crippen molar-refractivity contribution in [3.05, 3.63) is 60.2 Å². The molecule has 0 spiro atoms. The minimum absolute atomic E-state index is 0.0700. The van der Waals surface area contributed by atoms with E-state index < -0.39 is 54.9 Å². The van der Waals surface area contributed by atoms with Crippen LogP contribution in [-0.4, -0.2) is 76.9 Å². The summed E-state index contributed by atoms with van der Waals surface area (Å²) in [6.45, 7) is 3.90. The molecule has 2 unspecified atom stereocenters. The number of carbonyl (C=O) groups excluding carboxylic acids is 4. The lowest BCUT2D eigenvalue weighted by atomic mass is 9.72. The molecule has 2 saturated heterocycles. The molecule has 2 aliphatic rings. The van der Waals surface area contributed by atoms with E-state index in [1.165, 1.54) is 18.6 Å². The number of amides is 2. The molecule has 2 aliphatic heterocycles. The molecule has 39 heavy (non-hydrogen) atoms. The van der Waals surface area contributed by atoms with Gasteiger partial charge in [-0.05, 0) is 44.2 Å². The van der Waals surface area contributed by atoms with Gasteiger partial charge < -0.3 is 19.9 Å². The second-order valence-corrected chi connectivity index (χ2v) is 10.4. The van der Waals surface area contributed by atoms with Crippen molar-refractivity contribution in [3.63, 3.8) is 0 Å². The minimum atomic E-state index is -1.29. The maximum Gasteiger partial charge on any atom is 0.622 e. The van der Waals surface area contributed by atoms with Gasteiger partial charge in [0.05, 0.1) is 12.1 Å². The largest absolute Gasteiger partial charge is 0.622 e. The molecule has 2 amide bonds. The zero-order valence-corrected chi connectivity index (χ0v) is 22.4. The van der Waals surface area contributed by atoms with Crippen LogP contribution in [0.2, 0.25) is 0 Å². The van der Waals surface area contributed by atoms with Crippen LogP contribution < -0.4 is 10.6 Å². The second kappa shape index (κ2) is 12.8. The molecule has 2 N–H and O–H groups in total. The number of nitrogens with one attached hydrogen (secondary N) is 2. The van der Waals surface area contributed by atoms with E-state index >= 15 is 0 Å². The minimum Gasteiger partial charge on any atom is -0.497 e. The Morgan fingerprint density at radius 3 is 2.31 bits per heavy atom. The molecule has 206 valence electrons. The molecule has 0 aliphatic carbocycles. The normalized spacial score (nSPS) is 21.2. The molecule has 2 fully saturated rings. The van der Waals surface area contributed by atoms with Gasteiger partial charge in [-0.2, -0.15) is 0 Å². The molecule has 11 nitrogen and oxygen atoms in total. The van der Waals surface area contributed by atoms with Gasteiger partial charge in [-0.15, -0.1) is 0 Å². The van der Waals surface area contributed by atoms with Gasteiger partial charge in [-0.25, -0.2) is 4.98 Å². The Morgan fingerprint density at radius 2 is 1.72 bits per heavy atom. The Morgan fingerprint density at radius 1 is 1.05 bits per heavy atom. The van der Waals surface area contributed by atoms with Gasteiger partial charge in [-0.1, -0.05) is 44.2 Å². The summed E-state index contributed by atoms with van der Waals surface area (Å²) < 4.78 is 11.4. The quantitative estimate of drug-likeness (QED) is 0.455. The smallest absolute Gasteiger partial charge is 0.497 e. The van der Waals surface area contributed by atoms with Gasteiger partial charge in [0.1, 0.15) is 23.8 Å². The highest BCUT2D eigenvalue weighted by atomic mass is 16.6. The Balaban J connectivity index is 1.56. The van der Waals surface area contributed by atoms with Crippen molar-refractivity contribution in [2.24, 2.45) is 5.92 Å². The number of aromatic nitrogens is 2. The summed E-state index contributed by atoms with van der Waals surface area (Å²) in [4.78, 5) is 62.2. The number of likely N-dealkylation sites (N-methyl/N-ethyl adjacent to an activating group) is 1. The zero-order valence-electron chi connectivity index (χ0n) is 22.4. The van der Waals surface area contributed by atoms with Crippen LogP contribution in [0, 0.1) is 5.92 Å². The number of nitrogens with zero attached hydrogens (tertiary/aromatic N) is 3. The van der Waals surface area contributed by atoms with Crippen LogP contribution in [0.15, 0.2) is 48.9 Å². The Kier molecular flexibility index (Phi) is 9.29. The number of hydrogen-bond donors (Lipinski definition) is 2. The van der Waals surface area contributed by atoms with E-state index in [1.807, 2.05) is 44.2 Å². The predicted molar refractivity (Wildman–Crippen MR) is 142 cm³/mol. The number of hydrogen-bond acceptors (Lipinski definition) is 9. The molecule has 12 heteroatoms. The molecule has 4 atom stereocenters. The van der Waals surface area contributed by atoms with E-state index in [1.54, 1.807) is 11.9 Å². The second-order valence-electron chi connectivity index (χ2n) is 10.4. The first kappa shape index (κ1) is 28.2. The third kappa shape index (κ3) is 7.20. The van der Waals surface area contributed by atoms with Gasteiger partial charge >= 0.3 is 19.1 Å². The fourth-order valence-corrected chi connectivity index (χ4v) is 5.01. The van der Waals surface area contributed by atoms with E-state index in [0.29, 0.717) is 25.7 Å². The topological polar surface area (TPSA) is 140 Å². The number of rotatable bonds is 9. The summed E-state index contributed by atoms with van der Waals surface area (Å²) in [6.07, 6.45) is 6.61. The van der Waals surface area contributed by atoms with Crippen LogP contribution >= 0.6 is 0 Å². The Hall–Kier alpha value is -3.80. The zero-order chi connectivity index (χ0) is 27.9. The molecule has 0 saturated carbocycles. The van der Waals surface area contributed by atoms with Crippen LogP contribution in [0.4, 0.5) is 0 Å². The molecule has 0 radical (unpaired) electrons. The first-order valence-electron chi connectivity index (χ1n) is 13.3. The van der Waals surface area contributed by atoms with Crippen molar-refractivity contribution in [1.29, 1.82) is 0 Å². The fourth-order valence-electron chi connectivity index (χ4n) is 5.01. The van der Waals surface area contributed by atoms with Gasteiger partial charge in [0.15, 0.2) is 0 Å². The standard InChI is InChI=1S/C27H34BN5O6/c1-17(2)14-23(28-38-26(36)21-10-7-11-22(33(21)3)27(37)39-28)32-24(34)19(15-18-8-5-4-6-9-18)31-25(35)20-16-29-12-13-30-20/h4-6,8-9,12-13,16-17,19,21-23H,7,10-11,14-15H2,1-3H3,(H,31,35)(H,32,34)/t19?,21-,22-,23?/m1/s1. The van der Waals surface area contributed by atoms with E-state index in [-0.39, 0.29) is 18.0 Å². The van der Waals surface area contributed by atoms with Crippen molar-refractivity contribution in [2.75, 3.05) is 7.05 Å². The van der Waals surface area contributed by atoms with E-state index in [4.69, 9.17) is 9.31 Å². The van der Waals surface area contributed by atoms with Crippen molar-refractivity contribution >= 4 is 30.9 Å². The Bertz CT molecular complexity index is 1140. The predicted octanol–water partition coefficient (Wildman–Crippen LogP) is 1.33. The van der Waals surface area contributed by atoms with Crippen molar-refractivity contribution in [1.82, 2.24) is 25.5 Å². The van der Waals surface area contributed by atoms with Crippen LogP contribution in [0.25, 0.3) is 0 Å². The van der Waals surface area contributed by atoms with Crippen LogP contribution in [0.1, 0.15) is 55.6 Å².